The molecule has 3 heteroatoms. The zero-order valence-electron chi connectivity index (χ0n) is 7.51. The molecule has 3 rings (SSSR count). The number of aldehydes is 1. The van der Waals surface area contributed by atoms with Crippen molar-refractivity contribution in [1.29, 1.82) is 0 Å². The molecule has 1 aromatic heterocycles. The summed E-state index contributed by atoms with van der Waals surface area (Å²) in [5, 5.41) is 0. The van der Waals surface area contributed by atoms with Crippen molar-refractivity contribution in [2.24, 2.45) is 5.92 Å². The van der Waals surface area contributed by atoms with Crippen molar-refractivity contribution >= 4 is 17.4 Å². The van der Waals surface area contributed by atoms with Gasteiger partial charge in [-0.1, -0.05) is 12.1 Å². The van der Waals surface area contributed by atoms with Crippen molar-refractivity contribution in [1.82, 2.24) is 4.98 Å². The van der Waals surface area contributed by atoms with Gasteiger partial charge in [-0.2, -0.15) is 0 Å². The molecule has 0 spiro atoms. The van der Waals surface area contributed by atoms with Gasteiger partial charge in [0.15, 0.2) is 12.0 Å². The monoisotopic (exact) mass is 187 g/mol. The molecule has 0 bridgehead atoms. The van der Waals surface area contributed by atoms with Crippen LogP contribution in [-0.2, 0) is 4.79 Å². The van der Waals surface area contributed by atoms with Crippen molar-refractivity contribution in [3.05, 3.63) is 30.2 Å². The Balaban J connectivity index is 2.12. The van der Waals surface area contributed by atoms with Gasteiger partial charge in [-0.05, 0) is 18.4 Å². The summed E-state index contributed by atoms with van der Waals surface area (Å²) in [5.74, 6) is 0.537. The standard InChI is InChI=1S/C11H9NO2/c13-5-7-4-9(7)8-2-1-3-10-11(8)14-6-12-10/h1-3,5-7,9H,4H2/t7-,9+/m0/s1. The number of fused-ring (bicyclic) bond motifs is 1. The number of aromatic nitrogens is 1. The Morgan fingerprint density at radius 3 is 3.21 bits per heavy atom. The van der Waals surface area contributed by atoms with Crippen LogP contribution in [0, 0.1) is 5.92 Å². The van der Waals surface area contributed by atoms with Crippen LogP contribution in [0.2, 0.25) is 0 Å². The minimum absolute atomic E-state index is 0.186. The number of rotatable bonds is 2. The summed E-state index contributed by atoms with van der Waals surface area (Å²) in [4.78, 5) is 14.7. The molecule has 1 aliphatic carbocycles. The predicted octanol–water partition coefficient (Wildman–Crippen LogP) is 2.13. The van der Waals surface area contributed by atoms with Crippen LogP contribution in [0.4, 0.5) is 0 Å². The number of oxazole rings is 1. The van der Waals surface area contributed by atoms with Gasteiger partial charge in [-0.3, -0.25) is 0 Å². The molecule has 1 heterocycles. The number of hydrogen-bond acceptors (Lipinski definition) is 3. The molecular formula is C11H9NO2. The van der Waals surface area contributed by atoms with Gasteiger partial charge in [0.1, 0.15) is 11.8 Å². The molecule has 0 aliphatic heterocycles. The van der Waals surface area contributed by atoms with Crippen molar-refractivity contribution in [2.75, 3.05) is 0 Å². The molecule has 0 saturated heterocycles. The van der Waals surface area contributed by atoms with Gasteiger partial charge in [0.05, 0.1) is 0 Å². The fraction of sp³-hybridized carbons (Fsp3) is 0.273. The van der Waals surface area contributed by atoms with Crippen molar-refractivity contribution in [2.45, 2.75) is 12.3 Å². The predicted molar refractivity (Wildman–Crippen MR) is 50.9 cm³/mol. The Hall–Kier alpha value is -1.64. The van der Waals surface area contributed by atoms with Crippen LogP contribution in [0.5, 0.6) is 0 Å². The minimum atomic E-state index is 0.186. The van der Waals surface area contributed by atoms with E-state index in [4.69, 9.17) is 4.42 Å². The number of benzene rings is 1. The van der Waals surface area contributed by atoms with E-state index < -0.39 is 0 Å². The lowest BCUT2D eigenvalue weighted by Crippen LogP contribution is -1.85. The number of carbonyl (C=O) groups is 1. The fourth-order valence-corrected chi connectivity index (χ4v) is 1.92. The molecule has 0 unspecified atom stereocenters. The first-order chi connectivity index (χ1) is 6.90. The van der Waals surface area contributed by atoms with Crippen LogP contribution < -0.4 is 0 Å². The first kappa shape index (κ1) is 7.74. The Kier molecular flexibility index (Phi) is 1.48. The van der Waals surface area contributed by atoms with Crippen molar-refractivity contribution in [3.8, 4) is 0 Å². The zero-order valence-corrected chi connectivity index (χ0v) is 7.51. The van der Waals surface area contributed by atoms with Crippen LogP contribution in [0.25, 0.3) is 11.1 Å². The highest BCUT2D eigenvalue weighted by Gasteiger charge is 2.39. The van der Waals surface area contributed by atoms with Crippen molar-refractivity contribution in [3.63, 3.8) is 0 Å². The van der Waals surface area contributed by atoms with Crippen LogP contribution in [-0.4, -0.2) is 11.3 Å². The second kappa shape index (κ2) is 2.67. The molecule has 1 aliphatic rings. The summed E-state index contributed by atoms with van der Waals surface area (Å²) < 4.78 is 5.32. The lowest BCUT2D eigenvalue weighted by Gasteiger charge is -1.97. The van der Waals surface area contributed by atoms with Gasteiger partial charge in [0.2, 0.25) is 0 Å². The quantitative estimate of drug-likeness (QED) is 0.676. The highest BCUT2D eigenvalue weighted by Crippen LogP contribution is 2.47. The van der Waals surface area contributed by atoms with E-state index in [1.807, 2.05) is 18.2 Å². The molecule has 2 atom stereocenters. The van der Waals surface area contributed by atoms with Crippen LogP contribution in [0.15, 0.2) is 29.0 Å². The van der Waals surface area contributed by atoms with E-state index in [1.54, 1.807) is 0 Å². The van der Waals surface area contributed by atoms with E-state index >= 15 is 0 Å². The number of para-hydroxylation sites is 1. The van der Waals surface area contributed by atoms with Gasteiger partial charge in [0, 0.05) is 11.5 Å². The lowest BCUT2D eigenvalue weighted by molar-refractivity contribution is -0.108. The van der Waals surface area contributed by atoms with E-state index in [9.17, 15) is 4.79 Å². The zero-order chi connectivity index (χ0) is 9.54. The topological polar surface area (TPSA) is 43.1 Å². The van der Waals surface area contributed by atoms with Gasteiger partial charge in [-0.25, -0.2) is 4.98 Å². The normalized spacial score (nSPS) is 25.1. The molecule has 1 aromatic carbocycles. The number of nitrogens with zero attached hydrogens (tertiary/aromatic N) is 1. The Bertz CT molecular complexity index is 489. The lowest BCUT2D eigenvalue weighted by atomic mass is 10.1. The molecule has 0 amide bonds. The fourth-order valence-electron chi connectivity index (χ4n) is 1.92. The maximum Gasteiger partial charge on any atom is 0.181 e. The molecule has 1 fully saturated rings. The van der Waals surface area contributed by atoms with E-state index in [1.165, 1.54) is 6.39 Å². The second-order valence-corrected chi connectivity index (χ2v) is 3.69. The third-order valence-electron chi connectivity index (χ3n) is 2.80. The van der Waals surface area contributed by atoms with E-state index in [-0.39, 0.29) is 5.92 Å². The number of hydrogen-bond donors (Lipinski definition) is 0. The summed E-state index contributed by atoms with van der Waals surface area (Å²) >= 11 is 0. The summed E-state index contributed by atoms with van der Waals surface area (Å²) in [7, 11) is 0. The van der Waals surface area contributed by atoms with E-state index in [0.29, 0.717) is 5.92 Å². The first-order valence-corrected chi connectivity index (χ1v) is 4.67. The second-order valence-electron chi connectivity index (χ2n) is 3.69. The summed E-state index contributed by atoms with van der Waals surface area (Å²) in [5.41, 5.74) is 2.83. The number of carbonyl (C=O) groups excluding carboxylic acids is 1. The molecule has 2 aromatic rings. The third kappa shape index (κ3) is 0.985. The maximum atomic E-state index is 10.6. The van der Waals surface area contributed by atoms with Gasteiger partial charge in [0.25, 0.3) is 0 Å². The van der Waals surface area contributed by atoms with Crippen molar-refractivity contribution < 1.29 is 9.21 Å². The molecule has 0 radical (unpaired) electrons. The average molecular weight is 187 g/mol. The minimum Gasteiger partial charge on any atom is -0.443 e. The first-order valence-electron chi connectivity index (χ1n) is 4.67. The average Bonchev–Trinajstić information content (AvgIpc) is 2.85. The van der Waals surface area contributed by atoms with Crippen LogP contribution >= 0.6 is 0 Å². The Morgan fingerprint density at radius 1 is 1.50 bits per heavy atom. The molecule has 1 saturated carbocycles. The Morgan fingerprint density at radius 2 is 2.43 bits per heavy atom. The van der Waals surface area contributed by atoms with E-state index in [0.717, 1.165) is 29.4 Å². The summed E-state index contributed by atoms with van der Waals surface area (Å²) in [6.07, 6.45) is 3.43. The maximum absolute atomic E-state index is 10.6. The van der Waals surface area contributed by atoms with Crippen LogP contribution in [0.3, 0.4) is 0 Å². The van der Waals surface area contributed by atoms with E-state index in [2.05, 4.69) is 4.98 Å². The third-order valence-corrected chi connectivity index (χ3v) is 2.80. The molecular weight excluding hydrogens is 178 g/mol. The summed E-state index contributed by atoms with van der Waals surface area (Å²) in [6.45, 7) is 0. The summed E-state index contributed by atoms with van der Waals surface area (Å²) in [6, 6.07) is 5.89. The molecule has 70 valence electrons. The molecule has 3 nitrogen and oxygen atoms in total. The molecule has 0 N–H and O–H groups in total. The van der Waals surface area contributed by atoms with Gasteiger partial charge < -0.3 is 9.21 Å². The smallest absolute Gasteiger partial charge is 0.181 e. The van der Waals surface area contributed by atoms with Gasteiger partial charge in [-0.15, -0.1) is 0 Å². The SMILES string of the molecule is O=C[C@@H]1C[C@H]1c1cccc2ncoc12. The largest absolute Gasteiger partial charge is 0.443 e. The Labute approximate surface area is 80.7 Å². The van der Waals surface area contributed by atoms with Gasteiger partial charge >= 0.3 is 0 Å². The highest BCUT2D eigenvalue weighted by molar-refractivity contribution is 5.78. The van der Waals surface area contributed by atoms with Crippen LogP contribution in [0.1, 0.15) is 17.9 Å². The highest BCUT2D eigenvalue weighted by atomic mass is 16.3. The molecule has 14 heavy (non-hydrogen) atoms.